The second-order valence-corrected chi connectivity index (χ2v) is 6.58. The highest BCUT2D eigenvalue weighted by Crippen LogP contribution is 2.23. The molecule has 1 aromatic heterocycles. The number of piperazine rings is 1. The molecule has 20 heavy (non-hydrogen) atoms. The SMILES string of the molecule is CCc1nn(C)c(CN2CCNC(CC(C)C)C2)c1Cl. The second-order valence-electron chi connectivity index (χ2n) is 6.20. The Morgan fingerprint density at radius 3 is 2.80 bits per heavy atom. The van der Waals surface area contributed by atoms with Crippen molar-refractivity contribution >= 4 is 11.6 Å². The molecule has 0 bridgehead atoms. The highest BCUT2D eigenvalue weighted by molar-refractivity contribution is 6.31. The largest absolute Gasteiger partial charge is 0.311 e. The molecule has 1 aromatic rings. The van der Waals surface area contributed by atoms with Crippen molar-refractivity contribution in [1.29, 1.82) is 0 Å². The van der Waals surface area contributed by atoms with Crippen LogP contribution in [0, 0.1) is 5.92 Å². The van der Waals surface area contributed by atoms with Crippen LogP contribution in [-0.4, -0.2) is 40.4 Å². The van der Waals surface area contributed by atoms with E-state index >= 15 is 0 Å². The van der Waals surface area contributed by atoms with Crippen molar-refractivity contribution in [2.75, 3.05) is 19.6 Å². The number of halogens is 1. The first-order valence-electron chi connectivity index (χ1n) is 7.67. The van der Waals surface area contributed by atoms with Crippen molar-refractivity contribution in [3.05, 3.63) is 16.4 Å². The van der Waals surface area contributed by atoms with Gasteiger partial charge >= 0.3 is 0 Å². The van der Waals surface area contributed by atoms with Gasteiger partial charge in [0, 0.05) is 39.3 Å². The summed E-state index contributed by atoms with van der Waals surface area (Å²) in [6, 6.07) is 0.599. The Morgan fingerprint density at radius 1 is 1.45 bits per heavy atom. The third kappa shape index (κ3) is 3.74. The number of nitrogens with one attached hydrogen (secondary N) is 1. The summed E-state index contributed by atoms with van der Waals surface area (Å²) >= 11 is 6.44. The van der Waals surface area contributed by atoms with Crippen molar-refractivity contribution in [3.8, 4) is 0 Å². The monoisotopic (exact) mass is 298 g/mol. The maximum Gasteiger partial charge on any atom is 0.0863 e. The van der Waals surface area contributed by atoms with Crippen LogP contribution < -0.4 is 5.32 Å². The van der Waals surface area contributed by atoms with Crippen molar-refractivity contribution in [2.24, 2.45) is 13.0 Å². The Hall–Kier alpha value is -0.580. The van der Waals surface area contributed by atoms with Gasteiger partial charge < -0.3 is 5.32 Å². The van der Waals surface area contributed by atoms with Gasteiger partial charge in [0.05, 0.1) is 16.4 Å². The third-order valence-corrected chi connectivity index (χ3v) is 4.41. The standard InChI is InChI=1S/C15H27ClN4/c1-5-13-15(16)14(19(4)18-13)10-20-7-6-17-12(9-20)8-11(2)3/h11-12,17H,5-10H2,1-4H3. The Balaban J connectivity index is 2.01. The van der Waals surface area contributed by atoms with E-state index in [4.69, 9.17) is 11.6 Å². The van der Waals surface area contributed by atoms with Gasteiger partial charge in [0.2, 0.25) is 0 Å². The normalized spacial score (nSPS) is 20.8. The molecule has 0 aromatic carbocycles. The summed E-state index contributed by atoms with van der Waals surface area (Å²) < 4.78 is 1.95. The summed E-state index contributed by atoms with van der Waals surface area (Å²) in [7, 11) is 1.99. The molecular weight excluding hydrogens is 272 g/mol. The summed E-state index contributed by atoms with van der Waals surface area (Å²) in [6.45, 7) is 10.8. The summed E-state index contributed by atoms with van der Waals surface area (Å²) in [4.78, 5) is 2.49. The van der Waals surface area contributed by atoms with Gasteiger partial charge in [-0.05, 0) is 18.8 Å². The molecule has 1 saturated heterocycles. The van der Waals surface area contributed by atoms with Gasteiger partial charge in [-0.1, -0.05) is 32.4 Å². The lowest BCUT2D eigenvalue weighted by molar-refractivity contribution is 0.176. The Kier molecular flexibility index (Phi) is 5.47. The molecule has 1 aliphatic heterocycles. The van der Waals surface area contributed by atoms with Crippen molar-refractivity contribution in [1.82, 2.24) is 20.0 Å². The lowest BCUT2D eigenvalue weighted by Crippen LogP contribution is -2.50. The van der Waals surface area contributed by atoms with E-state index < -0.39 is 0 Å². The molecule has 4 nitrogen and oxygen atoms in total. The maximum absolute atomic E-state index is 6.44. The number of nitrogens with zero attached hydrogens (tertiary/aromatic N) is 3. The Bertz CT molecular complexity index is 441. The molecule has 1 fully saturated rings. The number of rotatable bonds is 5. The molecule has 2 heterocycles. The maximum atomic E-state index is 6.44. The highest BCUT2D eigenvalue weighted by Gasteiger charge is 2.22. The minimum Gasteiger partial charge on any atom is -0.311 e. The van der Waals surface area contributed by atoms with Gasteiger partial charge in [-0.2, -0.15) is 5.10 Å². The molecule has 2 rings (SSSR count). The summed E-state index contributed by atoms with van der Waals surface area (Å²) in [5, 5.41) is 8.97. The average molecular weight is 299 g/mol. The Labute approximate surface area is 127 Å². The molecular formula is C15H27ClN4. The average Bonchev–Trinajstić information content (AvgIpc) is 2.66. The smallest absolute Gasteiger partial charge is 0.0863 e. The number of hydrogen-bond donors (Lipinski definition) is 1. The first-order chi connectivity index (χ1) is 9.51. The predicted octanol–water partition coefficient (Wildman–Crippen LogP) is 2.46. The molecule has 0 spiro atoms. The molecule has 1 aliphatic rings. The topological polar surface area (TPSA) is 33.1 Å². The highest BCUT2D eigenvalue weighted by atomic mass is 35.5. The van der Waals surface area contributed by atoms with E-state index in [2.05, 4.69) is 36.1 Å². The van der Waals surface area contributed by atoms with Gasteiger partial charge in [0.1, 0.15) is 0 Å². The molecule has 0 aliphatic carbocycles. The quantitative estimate of drug-likeness (QED) is 0.906. The van der Waals surface area contributed by atoms with Crippen LogP contribution in [0.1, 0.15) is 38.6 Å². The van der Waals surface area contributed by atoms with E-state index in [-0.39, 0.29) is 0 Å². The molecule has 1 atom stereocenters. The first-order valence-corrected chi connectivity index (χ1v) is 8.05. The van der Waals surface area contributed by atoms with Crippen LogP contribution in [0.25, 0.3) is 0 Å². The number of hydrogen-bond acceptors (Lipinski definition) is 3. The van der Waals surface area contributed by atoms with Crippen LogP contribution in [0.2, 0.25) is 5.02 Å². The van der Waals surface area contributed by atoms with E-state index in [1.54, 1.807) is 0 Å². The molecule has 1 unspecified atom stereocenters. The van der Waals surface area contributed by atoms with Crippen LogP contribution >= 0.6 is 11.6 Å². The van der Waals surface area contributed by atoms with Gasteiger partial charge in [0.25, 0.3) is 0 Å². The molecule has 5 heteroatoms. The van der Waals surface area contributed by atoms with Gasteiger partial charge in [-0.25, -0.2) is 0 Å². The van der Waals surface area contributed by atoms with E-state index in [9.17, 15) is 0 Å². The van der Waals surface area contributed by atoms with Crippen LogP contribution in [0.4, 0.5) is 0 Å². The fourth-order valence-electron chi connectivity index (χ4n) is 2.97. The minimum absolute atomic E-state index is 0.599. The van der Waals surface area contributed by atoms with Crippen LogP contribution in [0.3, 0.4) is 0 Å². The molecule has 0 radical (unpaired) electrons. The Morgan fingerprint density at radius 2 is 2.20 bits per heavy atom. The molecule has 114 valence electrons. The zero-order valence-corrected chi connectivity index (χ0v) is 13.9. The molecule has 0 saturated carbocycles. The van der Waals surface area contributed by atoms with Crippen molar-refractivity contribution in [2.45, 2.75) is 46.2 Å². The van der Waals surface area contributed by atoms with Crippen molar-refractivity contribution in [3.63, 3.8) is 0 Å². The van der Waals surface area contributed by atoms with Gasteiger partial charge in [-0.15, -0.1) is 0 Å². The minimum atomic E-state index is 0.599. The van der Waals surface area contributed by atoms with Gasteiger partial charge in [0.15, 0.2) is 0 Å². The number of aryl methyl sites for hydroxylation is 2. The van der Waals surface area contributed by atoms with Gasteiger partial charge in [-0.3, -0.25) is 9.58 Å². The summed E-state index contributed by atoms with van der Waals surface area (Å²) in [5.41, 5.74) is 2.16. The van der Waals surface area contributed by atoms with E-state index in [0.717, 1.165) is 54.9 Å². The van der Waals surface area contributed by atoms with E-state index in [0.29, 0.717) is 6.04 Å². The van der Waals surface area contributed by atoms with E-state index in [1.807, 2.05) is 11.7 Å². The third-order valence-electron chi connectivity index (χ3n) is 3.97. The predicted molar refractivity (Wildman–Crippen MR) is 84.1 cm³/mol. The summed E-state index contributed by atoms with van der Waals surface area (Å²) in [5.74, 6) is 0.736. The fraction of sp³-hybridized carbons (Fsp3) is 0.800. The van der Waals surface area contributed by atoms with E-state index in [1.165, 1.54) is 6.42 Å². The zero-order valence-electron chi connectivity index (χ0n) is 13.1. The van der Waals surface area contributed by atoms with Crippen LogP contribution in [0.5, 0.6) is 0 Å². The van der Waals surface area contributed by atoms with Crippen molar-refractivity contribution < 1.29 is 0 Å². The van der Waals surface area contributed by atoms with Crippen LogP contribution in [-0.2, 0) is 20.0 Å². The summed E-state index contributed by atoms with van der Waals surface area (Å²) in [6.07, 6.45) is 2.13. The fourth-order valence-corrected chi connectivity index (χ4v) is 3.32. The van der Waals surface area contributed by atoms with Crippen LogP contribution in [0.15, 0.2) is 0 Å². The molecule has 0 amide bonds. The first kappa shape index (κ1) is 15.8. The zero-order chi connectivity index (χ0) is 14.7. The number of aromatic nitrogens is 2. The lowest BCUT2D eigenvalue weighted by Gasteiger charge is -2.34. The second kappa shape index (κ2) is 6.92. The lowest BCUT2D eigenvalue weighted by atomic mass is 10.0. The molecule has 1 N–H and O–H groups in total.